The van der Waals surface area contributed by atoms with Crippen molar-refractivity contribution in [2.24, 2.45) is 0 Å². The van der Waals surface area contributed by atoms with Crippen molar-refractivity contribution in [3.8, 4) is 0 Å². The van der Waals surface area contributed by atoms with Gasteiger partial charge < -0.3 is 14.6 Å². The molecule has 0 unspecified atom stereocenters. The fourth-order valence-electron chi connectivity index (χ4n) is 3.66. The molecule has 1 aliphatic rings. The SMILES string of the molecule is O=C1C[C@H](c2ccccc2)N(C(=O)c2ccc(CS(=O)(=O)c3ccccc3)o2)CCN1. The number of benzene rings is 2. The highest BCUT2D eigenvalue weighted by Crippen LogP contribution is 2.28. The third-order valence-electron chi connectivity index (χ3n) is 5.18. The van der Waals surface area contributed by atoms with Gasteiger partial charge in [-0.3, -0.25) is 9.59 Å². The average molecular weight is 439 g/mol. The average Bonchev–Trinajstić information content (AvgIpc) is 3.14. The molecule has 0 radical (unpaired) electrons. The van der Waals surface area contributed by atoms with Crippen molar-refractivity contribution in [2.45, 2.75) is 23.1 Å². The van der Waals surface area contributed by atoms with Crippen molar-refractivity contribution in [3.63, 3.8) is 0 Å². The van der Waals surface area contributed by atoms with Gasteiger partial charge in [-0.15, -0.1) is 0 Å². The lowest BCUT2D eigenvalue weighted by Gasteiger charge is -2.28. The molecule has 0 aliphatic carbocycles. The third kappa shape index (κ3) is 4.69. The van der Waals surface area contributed by atoms with Gasteiger partial charge in [0.15, 0.2) is 15.6 Å². The quantitative estimate of drug-likeness (QED) is 0.661. The van der Waals surface area contributed by atoms with E-state index in [1.807, 2.05) is 30.3 Å². The van der Waals surface area contributed by atoms with Crippen molar-refractivity contribution >= 4 is 21.7 Å². The Morgan fingerprint density at radius 1 is 1.00 bits per heavy atom. The first-order valence-corrected chi connectivity index (χ1v) is 11.6. The van der Waals surface area contributed by atoms with Crippen LogP contribution in [0.3, 0.4) is 0 Å². The summed E-state index contributed by atoms with van der Waals surface area (Å²) in [6.45, 7) is 0.659. The van der Waals surface area contributed by atoms with E-state index >= 15 is 0 Å². The number of hydrogen-bond donors (Lipinski definition) is 1. The van der Waals surface area contributed by atoms with E-state index < -0.39 is 15.9 Å². The zero-order valence-electron chi connectivity index (χ0n) is 16.7. The maximum atomic E-state index is 13.2. The van der Waals surface area contributed by atoms with Crippen LogP contribution in [0.1, 0.15) is 34.3 Å². The van der Waals surface area contributed by atoms with Gasteiger partial charge in [-0.05, 0) is 29.8 Å². The summed E-state index contributed by atoms with van der Waals surface area (Å²) in [4.78, 5) is 27.2. The standard InChI is InChI=1S/C23H22N2O5S/c26-22-15-20(17-7-3-1-4-8-17)25(14-13-24-22)23(27)21-12-11-18(30-21)16-31(28,29)19-9-5-2-6-10-19/h1-12,20H,13-16H2,(H,24,26)/t20-/m1/s1. The Morgan fingerprint density at radius 3 is 2.39 bits per heavy atom. The second-order valence-corrected chi connectivity index (χ2v) is 9.31. The largest absolute Gasteiger partial charge is 0.455 e. The van der Waals surface area contributed by atoms with Crippen molar-refractivity contribution in [3.05, 3.63) is 89.9 Å². The summed E-state index contributed by atoms with van der Waals surface area (Å²) in [5, 5.41) is 2.79. The maximum Gasteiger partial charge on any atom is 0.290 e. The van der Waals surface area contributed by atoms with Crippen LogP contribution in [-0.4, -0.2) is 38.2 Å². The number of rotatable bonds is 5. The van der Waals surface area contributed by atoms with Gasteiger partial charge >= 0.3 is 0 Å². The van der Waals surface area contributed by atoms with Gasteiger partial charge in [-0.25, -0.2) is 8.42 Å². The molecule has 1 aromatic heterocycles. The van der Waals surface area contributed by atoms with Gasteiger partial charge in [-0.2, -0.15) is 0 Å². The van der Waals surface area contributed by atoms with E-state index in [1.54, 1.807) is 23.1 Å². The Labute approximate surface area is 180 Å². The molecule has 31 heavy (non-hydrogen) atoms. The predicted molar refractivity (Wildman–Crippen MR) is 114 cm³/mol. The van der Waals surface area contributed by atoms with Gasteiger partial charge in [0.1, 0.15) is 11.5 Å². The van der Waals surface area contributed by atoms with E-state index in [9.17, 15) is 18.0 Å². The van der Waals surface area contributed by atoms with Crippen LogP contribution >= 0.6 is 0 Å². The van der Waals surface area contributed by atoms with Crippen molar-refractivity contribution in [1.29, 1.82) is 0 Å². The topological polar surface area (TPSA) is 96.7 Å². The van der Waals surface area contributed by atoms with Crippen LogP contribution in [-0.2, 0) is 20.4 Å². The highest BCUT2D eigenvalue weighted by molar-refractivity contribution is 7.90. The maximum absolute atomic E-state index is 13.2. The first kappa shape index (κ1) is 20.9. The van der Waals surface area contributed by atoms with Gasteiger partial charge in [0.05, 0.1) is 17.4 Å². The van der Waals surface area contributed by atoms with Crippen LogP contribution in [0.15, 0.2) is 82.1 Å². The Morgan fingerprint density at radius 2 is 1.68 bits per heavy atom. The predicted octanol–water partition coefficient (Wildman–Crippen LogP) is 2.96. The number of nitrogens with one attached hydrogen (secondary N) is 1. The molecule has 8 heteroatoms. The molecule has 1 atom stereocenters. The summed E-state index contributed by atoms with van der Waals surface area (Å²) in [5.74, 6) is -0.611. The van der Waals surface area contributed by atoms with E-state index in [2.05, 4.69) is 5.32 Å². The summed E-state index contributed by atoms with van der Waals surface area (Å²) in [5.41, 5.74) is 0.853. The number of hydrogen-bond acceptors (Lipinski definition) is 5. The van der Waals surface area contributed by atoms with E-state index in [-0.39, 0.29) is 40.4 Å². The zero-order valence-corrected chi connectivity index (χ0v) is 17.5. The van der Waals surface area contributed by atoms with Gasteiger partial charge in [0, 0.05) is 13.1 Å². The minimum absolute atomic E-state index is 0.0496. The van der Waals surface area contributed by atoms with Gasteiger partial charge in [-0.1, -0.05) is 48.5 Å². The lowest BCUT2D eigenvalue weighted by molar-refractivity contribution is -0.121. The molecular weight excluding hydrogens is 416 g/mol. The number of carbonyl (C=O) groups excluding carboxylic acids is 2. The highest BCUT2D eigenvalue weighted by Gasteiger charge is 2.32. The van der Waals surface area contributed by atoms with Crippen LogP contribution in [0, 0.1) is 0 Å². The van der Waals surface area contributed by atoms with Crippen LogP contribution in [0.5, 0.6) is 0 Å². The van der Waals surface area contributed by atoms with Crippen molar-refractivity contribution < 1.29 is 22.4 Å². The van der Waals surface area contributed by atoms with Crippen molar-refractivity contribution in [1.82, 2.24) is 10.2 Å². The lowest BCUT2D eigenvalue weighted by Crippen LogP contribution is -2.36. The van der Waals surface area contributed by atoms with E-state index in [4.69, 9.17) is 4.42 Å². The first-order chi connectivity index (χ1) is 14.9. The number of amides is 2. The molecule has 1 N–H and O–H groups in total. The molecule has 3 aromatic rings. The van der Waals surface area contributed by atoms with Gasteiger partial charge in [0.2, 0.25) is 5.91 Å². The normalized spacial score (nSPS) is 17.1. The molecule has 0 bridgehead atoms. The summed E-state index contributed by atoms with van der Waals surface area (Å²) in [7, 11) is -3.59. The monoisotopic (exact) mass is 438 g/mol. The second kappa shape index (κ2) is 8.77. The minimum Gasteiger partial charge on any atom is -0.455 e. The molecule has 1 aliphatic heterocycles. The molecule has 4 rings (SSSR count). The molecule has 7 nitrogen and oxygen atoms in total. The number of nitrogens with zero attached hydrogens (tertiary/aromatic N) is 1. The van der Waals surface area contributed by atoms with Crippen LogP contribution in [0.25, 0.3) is 0 Å². The van der Waals surface area contributed by atoms with E-state index in [1.165, 1.54) is 24.3 Å². The fourth-order valence-corrected chi connectivity index (χ4v) is 4.92. The fraction of sp³-hybridized carbons (Fsp3) is 0.217. The number of sulfone groups is 1. The molecule has 2 heterocycles. The van der Waals surface area contributed by atoms with Crippen molar-refractivity contribution in [2.75, 3.05) is 13.1 Å². The molecule has 1 saturated heterocycles. The summed E-state index contributed by atoms with van der Waals surface area (Å²) in [6.07, 6.45) is 0.145. The molecule has 0 spiro atoms. The molecule has 2 aromatic carbocycles. The summed E-state index contributed by atoms with van der Waals surface area (Å²) < 4.78 is 30.8. The minimum atomic E-state index is -3.59. The van der Waals surface area contributed by atoms with E-state index in [0.29, 0.717) is 13.1 Å². The molecular formula is C23H22N2O5S. The summed E-state index contributed by atoms with van der Waals surface area (Å²) in [6, 6.07) is 20.0. The first-order valence-electron chi connectivity index (χ1n) is 9.93. The Balaban J connectivity index is 1.57. The number of furan rings is 1. The Hall–Kier alpha value is -3.39. The molecule has 160 valence electrons. The highest BCUT2D eigenvalue weighted by atomic mass is 32.2. The second-order valence-electron chi connectivity index (χ2n) is 7.32. The number of carbonyl (C=O) groups is 2. The Bertz CT molecular complexity index is 1170. The lowest BCUT2D eigenvalue weighted by atomic mass is 10.0. The van der Waals surface area contributed by atoms with Crippen LogP contribution in [0.4, 0.5) is 0 Å². The molecule has 1 fully saturated rings. The smallest absolute Gasteiger partial charge is 0.290 e. The molecule has 2 amide bonds. The third-order valence-corrected chi connectivity index (χ3v) is 6.84. The van der Waals surface area contributed by atoms with Crippen LogP contribution in [0.2, 0.25) is 0 Å². The van der Waals surface area contributed by atoms with Gasteiger partial charge in [0.25, 0.3) is 5.91 Å². The summed E-state index contributed by atoms with van der Waals surface area (Å²) >= 11 is 0. The van der Waals surface area contributed by atoms with E-state index in [0.717, 1.165) is 5.56 Å². The Kier molecular flexibility index (Phi) is 5.90. The molecule has 0 saturated carbocycles. The zero-order chi connectivity index (χ0) is 21.8. The van der Waals surface area contributed by atoms with Crippen LogP contribution < -0.4 is 5.32 Å².